The molecule has 1 fully saturated rings. The lowest BCUT2D eigenvalue weighted by molar-refractivity contribution is -0.0881. The Morgan fingerprint density at radius 2 is 2.21 bits per heavy atom. The maximum atomic E-state index is 6.08. The highest BCUT2D eigenvalue weighted by atomic mass is 79.9. The highest BCUT2D eigenvalue weighted by molar-refractivity contribution is 9.10. The van der Waals surface area contributed by atoms with Gasteiger partial charge in [0.25, 0.3) is 0 Å². The molecule has 0 saturated heterocycles. The minimum absolute atomic E-state index is 0.355. The molecule has 1 aromatic rings. The minimum atomic E-state index is -0.355. The van der Waals surface area contributed by atoms with Crippen molar-refractivity contribution in [1.29, 1.82) is 0 Å². The van der Waals surface area contributed by atoms with E-state index in [0.29, 0.717) is 18.3 Å². The molecule has 0 spiro atoms. The summed E-state index contributed by atoms with van der Waals surface area (Å²) in [4.78, 5) is 9.10. The number of nitrogens with zero attached hydrogens (tertiary/aromatic N) is 2. The summed E-state index contributed by atoms with van der Waals surface area (Å²) in [7, 11) is 0. The molecule has 0 radical (unpaired) electrons. The summed E-state index contributed by atoms with van der Waals surface area (Å²) in [5, 5.41) is 0. The number of anilines is 1. The molecule has 0 aliphatic heterocycles. The fraction of sp³-hybridized carbons (Fsp3) is 0.714. The Kier molecular flexibility index (Phi) is 4.46. The van der Waals surface area contributed by atoms with E-state index in [2.05, 4.69) is 32.8 Å². The van der Waals surface area contributed by atoms with Crippen LogP contribution in [0.3, 0.4) is 0 Å². The first kappa shape index (κ1) is 14.7. The Morgan fingerprint density at radius 3 is 2.79 bits per heavy atom. The quantitative estimate of drug-likeness (QED) is 0.921. The van der Waals surface area contributed by atoms with Crippen LogP contribution >= 0.6 is 15.9 Å². The van der Waals surface area contributed by atoms with Gasteiger partial charge in [0.15, 0.2) is 5.82 Å². The normalized spacial score (nSPS) is 27.5. The van der Waals surface area contributed by atoms with Gasteiger partial charge in [0, 0.05) is 6.61 Å². The van der Waals surface area contributed by atoms with Gasteiger partial charge in [-0.3, -0.25) is 0 Å². The predicted molar refractivity (Wildman–Crippen MR) is 79.8 cm³/mol. The Labute approximate surface area is 123 Å². The molecule has 0 bridgehead atoms. The van der Waals surface area contributed by atoms with Crippen LogP contribution < -0.4 is 5.73 Å². The van der Waals surface area contributed by atoms with E-state index in [4.69, 9.17) is 10.5 Å². The molecule has 0 amide bonds. The van der Waals surface area contributed by atoms with Crippen LogP contribution in [0.4, 0.5) is 5.82 Å². The zero-order valence-electron chi connectivity index (χ0n) is 11.9. The number of aryl methyl sites for hydroxylation is 1. The van der Waals surface area contributed by atoms with Crippen molar-refractivity contribution in [3.05, 3.63) is 16.0 Å². The molecular formula is C14H22BrN3O. The molecule has 2 N–H and O–H groups in total. The molecule has 2 atom stereocenters. The van der Waals surface area contributed by atoms with Crippen molar-refractivity contribution in [2.24, 2.45) is 5.92 Å². The van der Waals surface area contributed by atoms with Gasteiger partial charge in [0.1, 0.15) is 11.4 Å². The SMILES string of the molecule is CCOC1(c2nc(C)c(Br)c(N)n2)CCCC(C)C1. The number of halogens is 1. The van der Waals surface area contributed by atoms with E-state index < -0.39 is 0 Å². The first-order chi connectivity index (χ1) is 8.98. The molecule has 1 aliphatic carbocycles. The average Bonchev–Trinajstić information content (AvgIpc) is 2.35. The molecule has 1 aliphatic rings. The lowest BCUT2D eigenvalue weighted by Gasteiger charge is -2.38. The summed E-state index contributed by atoms with van der Waals surface area (Å²) in [5.74, 6) is 1.88. The topological polar surface area (TPSA) is 61.0 Å². The van der Waals surface area contributed by atoms with Crippen molar-refractivity contribution >= 4 is 21.7 Å². The number of hydrogen-bond acceptors (Lipinski definition) is 4. The maximum Gasteiger partial charge on any atom is 0.162 e. The summed E-state index contributed by atoms with van der Waals surface area (Å²) in [6, 6.07) is 0. The summed E-state index contributed by atoms with van der Waals surface area (Å²) in [6.07, 6.45) is 4.35. The fourth-order valence-electron chi connectivity index (χ4n) is 2.96. The van der Waals surface area contributed by atoms with E-state index >= 15 is 0 Å². The predicted octanol–water partition coefficient (Wildman–Crippen LogP) is 3.57. The Hall–Kier alpha value is -0.680. The van der Waals surface area contributed by atoms with Crippen LogP contribution in [-0.4, -0.2) is 16.6 Å². The van der Waals surface area contributed by atoms with Crippen molar-refractivity contribution in [2.45, 2.75) is 52.1 Å². The number of nitrogens with two attached hydrogens (primary N) is 1. The van der Waals surface area contributed by atoms with E-state index in [-0.39, 0.29) is 5.60 Å². The first-order valence-corrected chi connectivity index (χ1v) is 7.72. The number of ether oxygens (including phenoxy) is 1. The molecule has 1 aromatic heterocycles. The van der Waals surface area contributed by atoms with Gasteiger partial charge in [-0.1, -0.05) is 13.3 Å². The third-order valence-electron chi connectivity index (χ3n) is 3.83. The molecule has 106 valence electrons. The maximum absolute atomic E-state index is 6.08. The van der Waals surface area contributed by atoms with Crippen LogP contribution in [0, 0.1) is 12.8 Å². The van der Waals surface area contributed by atoms with E-state index in [0.717, 1.165) is 35.3 Å². The molecule has 1 saturated carbocycles. The molecular weight excluding hydrogens is 306 g/mol. The van der Waals surface area contributed by atoms with E-state index in [1.54, 1.807) is 0 Å². The summed E-state index contributed by atoms with van der Waals surface area (Å²) < 4.78 is 6.86. The van der Waals surface area contributed by atoms with Crippen LogP contribution in [0.1, 0.15) is 51.0 Å². The number of aromatic nitrogens is 2. The van der Waals surface area contributed by atoms with Gasteiger partial charge in [0.2, 0.25) is 0 Å². The zero-order chi connectivity index (χ0) is 14.0. The van der Waals surface area contributed by atoms with Crippen LogP contribution in [0.25, 0.3) is 0 Å². The summed E-state index contributed by atoms with van der Waals surface area (Å²) in [5.41, 5.74) is 6.48. The number of nitrogen functional groups attached to an aromatic ring is 1. The van der Waals surface area contributed by atoms with Crippen molar-refractivity contribution in [2.75, 3.05) is 12.3 Å². The van der Waals surface area contributed by atoms with E-state index in [1.165, 1.54) is 6.42 Å². The first-order valence-electron chi connectivity index (χ1n) is 6.92. The van der Waals surface area contributed by atoms with Crippen molar-refractivity contribution in [3.8, 4) is 0 Å². The number of rotatable bonds is 3. The molecule has 5 heteroatoms. The second kappa shape index (κ2) is 5.75. The van der Waals surface area contributed by atoms with Gasteiger partial charge in [-0.15, -0.1) is 0 Å². The van der Waals surface area contributed by atoms with Crippen molar-refractivity contribution < 1.29 is 4.74 Å². The lowest BCUT2D eigenvalue weighted by Crippen LogP contribution is -2.37. The minimum Gasteiger partial charge on any atom is -0.383 e. The van der Waals surface area contributed by atoms with Crippen molar-refractivity contribution in [1.82, 2.24) is 9.97 Å². The Bertz CT molecular complexity index is 439. The largest absolute Gasteiger partial charge is 0.383 e. The van der Waals surface area contributed by atoms with Gasteiger partial charge in [-0.25, -0.2) is 9.97 Å². The third-order valence-corrected chi connectivity index (χ3v) is 4.81. The van der Waals surface area contributed by atoms with Gasteiger partial charge < -0.3 is 10.5 Å². The van der Waals surface area contributed by atoms with Crippen LogP contribution in [0.2, 0.25) is 0 Å². The van der Waals surface area contributed by atoms with Gasteiger partial charge in [0.05, 0.1) is 10.2 Å². The molecule has 4 nitrogen and oxygen atoms in total. The third kappa shape index (κ3) is 2.92. The van der Waals surface area contributed by atoms with Crippen LogP contribution in [0.5, 0.6) is 0 Å². The second-order valence-corrected chi connectivity index (χ2v) is 6.25. The Morgan fingerprint density at radius 1 is 1.47 bits per heavy atom. The molecule has 2 unspecified atom stereocenters. The fourth-order valence-corrected chi connectivity index (χ4v) is 3.14. The van der Waals surface area contributed by atoms with E-state index in [9.17, 15) is 0 Å². The van der Waals surface area contributed by atoms with Crippen LogP contribution in [-0.2, 0) is 10.3 Å². The van der Waals surface area contributed by atoms with Gasteiger partial charge >= 0.3 is 0 Å². The summed E-state index contributed by atoms with van der Waals surface area (Å²) in [6.45, 7) is 6.90. The molecule has 0 aromatic carbocycles. The monoisotopic (exact) mass is 327 g/mol. The van der Waals surface area contributed by atoms with Gasteiger partial charge in [-0.05, 0) is 55.0 Å². The smallest absolute Gasteiger partial charge is 0.162 e. The Balaban J connectivity index is 2.44. The molecule has 19 heavy (non-hydrogen) atoms. The summed E-state index contributed by atoms with van der Waals surface area (Å²) >= 11 is 3.41. The molecule has 2 rings (SSSR count). The van der Waals surface area contributed by atoms with Crippen molar-refractivity contribution in [3.63, 3.8) is 0 Å². The number of hydrogen-bond donors (Lipinski definition) is 1. The zero-order valence-corrected chi connectivity index (χ0v) is 13.5. The van der Waals surface area contributed by atoms with Gasteiger partial charge in [-0.2, -0.15) is 0 Å². The second-order valence-electron chi connectivity index (χ2n) is 5.46. The van der Waals surface area contributed by atoms with E-state index in [1.807, 2.05) is 13.8 Å². The highest BCUT2D eigenvalue weighted by Crippen LogP contribution is 2.42. The standard InChI is InChI=1S/C14H22BrN3O/c1-4-19-14(7-5-6-9(2)8-14)13-17-10(3)11(15)12(16)18-13/h9H,4-8H2,1-3H3,(H2,16,17,18). The molecule has 1 heterocycles. The highest BCUT2D eigenvalue weighted by Gasteiger charge is 2.40. The van der Waals surface area contributed by atoms with Crippen LogP contribution in [0.15, 0.2) is 4.47 Å². The average molecular weight is 328 g/mol. The lowest BCUT2D eigenvalue weighted by atomic mass is 9.78.